The summed E-state index contributed by atoms with van der Waals surface area (Å²) < 4.78 is 11.7. The molecule has 1 aromatic rings. The number of rotatable bonds is 11. The highest BCUT2D eigenvalue weighted by Gasteiger charge is 2.33. The van der Waals surface area contributed by atoms with Gasteiger partial charge in [0, 0.05) is 25.4 Å². The van der Waals surface area contributed by atoms with Crippen molar-refractivity contribution in [2.75, 3.05) is 38.2 Å². The average molecular weight is 391 g/mol. The molecule has 1 aliphatic rings. The number of ether oxygens (including phenoxy) is 2. The van der Waals surface area contributed by atoms with E-state index in [-0.39, 0.29) is 5.91 Å². The molecule has 0 bridgehead atoms. The van der Waals surface area contributed by atoms with Crippen molar-refractivity contribution in [3.63, 3.8) is 0 Å². The van der Waals surface area contributed by atoms with Gasteiger partial charge in [-0.25, -0.2) is 0 Å². The van der Waals surface area contributed by atoms with E-state index in [1.54, 1.807) is 0 Å². The molecule has 0 unspecified atom stereocenters. The highest BCUT2D eigenvalue weighted by atomic mass is 16.5. The van der Waals surface area contributed by atoms with Crippen LogP contribution in [0.25, 0.3) is 0 Å². The Bertz CT molecular complexity index is 590. The van der Waals surface area contributed by atoms with E-state index in [4.69, 9.17) is 9.47 Å². The van der Waals surface area contributed by atoms with Crippen LogP contribution in [-0.2, 0) is 9.53 Å². The van der Waals surface area contributed by atoms with Crippen LogP contribution in [0, 0.1) is 5.92 Å². The van der Waals surface area contributed by atoms with Crippen molar-refractivity contribution in [3.8, 4) is 5.75 Å². The SMILES string of the molecule is CCCO[C@@](C)(CCC)C(=O)Nc1ccc(OCCN2CCC[C@@H](C)C2)cc1. The number of benzene rings is 1. The maximum atomic E-state index is 12.7. The molecule has 5 heteroatoms. The Morgan fingerprint density at radius 3 is 2.61 bits per heavy atom. The third kappa shape index (κ3) is 7.10. The van der Waals surface area contributed by atoms with E-state index in [1.165, 1.54) is 25.9 Å². The van der Waals surface area contributed by atoms with Gasteiger partial charge in [-0.3, -0.25) is 9.69 Å². The molecule has 2 atom stereocenters. The second-order valence-corrected chi connectivity index (χ2v) is 8.20. The molecule has 0 aromatic heterocycles. The first-order valence-electron chi connectivity index (χ1n) is 10.9. The van der Waals surface area contributed by atoms with Crippen LogP contribution < -0.4 is 10.1 Å². The maximum Gasteiger partial charge on any atom is 0.256 e. The second-order valence-electron chi connectivity index (χ2n) is 8.20. The lowest BCUT2D eigenvalue weighted by molar-refractivity contribution is -0.140. The van der Waals surface area contributed by atoms with Crippen molar-refractivity contribution in [1.29, 1.82) is 0 Å². The van der Waals surface area contributed by atoms with Crippen molar-refractivity contribution in [1.82, 2.24) is 4.90 Å². The van der Waals surface area contributed by atoms with Crippen LogP contribution in [0.5, 0.6) is 5.75 Å². The molecule has 158 valence electrons. The van der Waals surface area contributed by atoms with Gasteiger partial charge in [-0.2, -0.15) is 0 Å². The van der Waals surface area contributed by atoms with Gasteiger partial charge in [0.15, 0.2) is 0 Å². The number of nitrogens with zero attached hydrogens (tertiary/aromatic N) is 1. The average Bonchev–Trinajstić information content (AvgIpc) is 2.68. The fourth-order valence-corrected chi connectivity index (χ4v) is 3.74. The van der Waals surface area contributed by atoms with E-state index < -0.39 is 5.60 Å². The van der Waals surface area contributed by atoms with Crippen LogP contribution >= 0.6 is 0 Å². The first-order chi connectivity index (χ1) is 13.5. The van der Waals surface area contributed by atoms with Crippen LogP contribution in [-0.4, -0.2) is 49.3 Å². The maximum absolute atomic E-state index is 12.7. The quantitative estimate of drug-likeness (QED) is 0.594. The number of carbonyl (C=O) groups is 1. The predicted octanol–water partition coefficient (Wildman–Crippen LogP) is 4.72. The van der Waals surface area contributed by atoms with E-state index in [2.05, 4.69) is 31.0 Å². The minimum Gasteiger partial charge on any atom is -0.492 e. The van der Waals surface area contributed by atoms with Crippen LogP contribution in [0.3, 0.4) is 0 Å². The zero-order chi connectivity index (χ0) is 20.4. The van der Waals surface area contributed by atoms with Crippen molar-refractivity contribution in [2.24, 2.45) is 5.92 Å². The standard InChI is InChI=1S/C23H38N2O3/c1-5-13-23(4,28-16-6-2)22(26)24-20-9-11-21(12-10-20)27-17-15-25-14-7-8-19(3)18-25/h9-12,19H,5-8,13-18H2,1-4H3,(H,24,26)/t19-,23+/m1/s1. The minimum absolute atomic E-state index is 0.0873. The van der Waals surface area contributed by atoms with E-state index in [9.17, 15) is 4.79 Å². The lowest BCUT2D eigenvalue weighted by atomic mass is 9.99. The lowest BCUT2D eigenvalue weighted by Crippen LogP contribution is -2.43. The normalized spacial score (nSPS) is 19.8. The lowest BCUT2D eigenvalue weighted by Gasteiger charge is -2.30. The molecule has 1 N–H and O–H groups in total. The smallest absolute Gasteiger partial charge is 0.256 e. The summed E-state index contributed by atoms with van der Waals surface area (Å²) in [4.78, 5) is 15.2. The van der Waals surface area contributed by atoms with Gasteiger partial charge in [0.2, 0.25) is 0 Å². The van der Waals surface area contributed by atoms with Gasteiger partial charge in [0.25, 0.3) is 5.91 Å². The van der Waals surface area contributed by atoms with E-state index in [0.29, 0.717) is 19.6 Å². The van der Waals surface area contributed by atoms with Gasteiger partial charge in [0.05, 0.1) is 0 Å². The molecule has 28 heavy (non-hydrogen) atoms. The summed E-state index contributed by atoms with van der Waals surface area (Å²) in [7, 11) is 0. The molecule has 1 aliphatic heterocycles. The summed E-state index contributed by atoms with van der Waals surface area (Å²) >= 11 is 0. The Morgan fingerprint density at radius 1 is 1.21 bits per heavy atom. The fourth-order valence-electron chi connectivity index (χ4n) is 3.74. The van der Waals surface area contributed by atoms with Crippen molar-refractivity contribution in [2.45, 2.75) is 65.4 Å². The van der Waals surface area contributed by atoms with Gasteiger partial charge in [-0.1, -0.05) is 27.2 Å². The Morgan fingerprint density at radius 2 is 1.96 bits per heavy atom. The zero-order valence-electron chi connectivity index (χ0n) is 18.1. The number of carbonyl (C=O) groups excluding carboxylic acids is 1. The van der Waals surface area contributed by atoms with E-state index in [0.717, 1.165) is 36.7 Å². The number of amides is 1. The molecular weight excluding hydrogens is 352 g/mol. The van der Waals surface area contributed by atoms with Crippen molar-refractivity contribution >= 4 is 11.6 Å². The van der Waals surface area contributed by atoms with Crippen LogP contribution in [0.4, 0.5) is 5.69 Å². The molecule has 0 radical (unpaired) electrons. The molecule has 2 rings (SSSR count). The molecule has 0 aliphatic carbocycles. The third-order valence-corrected chi connectivity index (χ3v) is 5.36. The van der Waals surface area contributed by atoms with E-state index in [1.807, 2.05) is 31.2 Å². The Hall–Kier alpha value is -1.59. The van der Waals surface area contributed by atoms with Gasteiger partial charge in [-0.15, -0.1) is 0 Å². The predicted molar refractivity (Wildman–Crippen MR) is 115 cm³/mol. The zero-order valence-corrected chi connectivity index (χ0v) is 18.1. The number of hydrogen-bond acceptors (Lipinski definition) is 4. The third-order valence-electron chi connectivity index (χ3n) is 5.36. The fraction of sp³-hybridized carbons (Fsp3) is 0.696. The molecule has 1 saturated heterocycles. The van der Waals surface area contributed by atoms with Gasteiger partial charge in [0.1, 0.15) is 18.0 Å². The first kappa shape index (κ1) is 22.7. The number of hydrogen-bond donors (Lipinski definition) is 1. The van der Waals surface area contributed by atoms with Crippen LogP contribution in [0.15, 0.2) is 24.3 Å². The summed E-state index contributed by atoms with van der Waals surface area (Å²) in [5, 5.41) is 2.99. The topological polar surface area (TPSA) is 50.8 Å². The molecular formula is C23H38N2O3. The van der Waals surface area contributed by atoms with Crippen LogP contribution in [0.2, 0.25) is 0 Å². The highest BCUT2D eigenvalue weighted by Crippen LogP contribution is 2.22. The van der Waals surface area contributed by atoms with E-state index >= 15 is 0 Å². The molecule has 0 spiro atoms. The van der Waals surface area contributed by atoms with Gasteiger partial charge < -0.3 is 14.8 Å². The van der Waals surface area contributed by atoms with Gasteiger partial charge in [-0.05, 0) is 69.3 Å². The highest BCUT2D eigenvalue weighted by molar-refractivity contribution is 5.97. The molecule has 1 aromatic carbocycles. The van der Waals surface area contributed by atoms with Crippen LogP contribution in [0.1, 0.15) is 59.8 Å². The summed E-state index contributed by atoms with van der Waals surface area (Å²) in [5.74, 6) is 1.54. The molecule has 1 heterocycles. The Kier molecular flexibility index (Phi) is 9.26. The number of piperidine rings is 1. The Balaban J connectivity index is 1.81. The summed E-state index contributed by atoms with van der Waals surface area (Å²) in [5.41, 5.74) is -0.0180. The second kappa shape index (κ2) is 11.4. The molecule has 1 fully saturated rings. The summed E-state index contributed by atoms with van der Waals surface area (Å²) in [6, 6.07) is 7.61. The van der Waals surface area contributed by atoms with Crippen molar-refractivity contribution in [3.05, 3.63) is 24.3 Å². The number of anilines is 1. The molecule has 0 saturated carbocycles. The summed E-state index contributed by atoms with van der Waals surface area (Å²) in [6.07, 6.45) is 5.13. The number of likely N-dealkylation sites (tertiary alicyclic amines) is 1. The van der Waals surface area contributed by atoms with Gasteiger partial charge >= 0.3 is 0 Å². The minimum atomic E-state index is -0.786. The molecule has 5 nitrogen and oxygen atoms in total. The number of nitrogens with one attached hydrogen (secondary N) is 1. The molecule has 1 amide bonds. The monoisotopic (exact) mass is 390 g/mol. The Labute approximate surface area is 170 Å². The largest absolute Gasteiger partial charge is 0.492 e. The summed E-state index contributed by atoms with van der Waals surface area (Å²) in [6.45, 7) is 12.9. The first-order valence-corrected chi connectivity index (χ1v) is 10.9. The van der Waals surface area contributed by atoms with Crippen molar-refractivity contribution < 1.29 is 14.3 Å².